The van der Waals surface area contributed by atoms with E-state index in [-0.39, 0.29) is 23.8 Å². The van der Waals surface area contributed by atoms with Crippen LogP contribution in [-0.2, 0) is 20.9 Å². The molecule has 2 saturated heterocycles. The van der Waals surface area contributed by atoms with Crippen molar-refractivity contribution in [3.63, 3.8) is 0 Å². The lowest BCUT2D eigenvalue weighted by atomic mass is 9.80. The molecule has 0 spiro atoms. The van der Waals surface area contributed by atoms with Crippen molar-refractivity contribution in [2.24, 2.45) is 5.92 Å². The number of nitrogens with zero attached hydrogens (tertiary/aromatic N) is 3. The monoisotopic (exact) mass is 407 g/mol. The molecule has 160 valence electrons. The van der Waals surface area contributed by atoms with Gasteiger partial charge in [-0.3, -0.25) is 19.4 Å². The van der Waals surface area contributed by atoms with Gasteiger partial charge in [0.25, 0.3) is 5.91 Å². The Labute approximate surface area is 170 Å². The minimum absolute atomic E-state index is 0.0609. The zero-order chi connectivity index (χ0) is 20.4. The van der Waals surface area contributed by atoms with E-state index < -0.39 is 5.67 Å². The van der Waals surface area contributed by atoms with Crippen LogP contribution in [0.2, 0.25) is 0 Å². The van der Waals surface area contributed by atoms with E-state index in [0.717, 1.165) is 12.2 Å². The summed E-state index contributed by atoms with van der Waals surface area (Å²) in [7, 11) is 0. The normalized spacial score (nSPS) is 27.6. The standard InChI is InChI=1S/C21H30FN3O4/c1-2-28-19(26)16-11-23(15-18-5-3-10-29-18)13-17-14-25(9-8-24(17)12-16)20(27)21(22)6-4-7-21/h3,5,10,16-17H,2,4,6-9,11-15H2,1H3/t16-,17-/m0/s1. The summed E-state index contributed by atoms with van der Waals surface area (Å²) in [6.45, 7) is 6.29. The molecular weight excluding hydrogens is 377 g/mol. The van der Waals surface area contributed by atoms with Gasteiger partial charge in [0, 0.05) is 45.3 Å². The average molecular weight is 407 g/mol. The van der Waals surface area contributed by atoms with E-state index in [1.165, 1.54) is 0 Å². The zero-order valence-electron chi connectivity index (χ0n) is 17.0. The van der Waals surface area contributed by atoms with Gasteiger partial charge in [-0.25, -0.2) is 4.39 Å². The number of hydrogen-bond donors (Lipinski definition) is 0. The van der Waals surface area contributed by atoms with Gasteiger partial charge < -0.3 is 14.1 Å². The second-order valence-corrected chi connectivity index (χ2v) is 8.44. The Hall–Kier alpha value is -1.93. The minimum atomic E-state index is -1.66. The maximum atomic E-state index is 14.7. The summed E-state index contributed by atoms with van der Waals surface area (Å²) < 4.78 is 25.5. The van der Waals surface area contributed by atoms with Crippen LogP contribution in [-0.4, -0.2) is 84.2 Å². The Morgan fingerprint density at radius 1 is 1.24 bits per heavy atom. The first-order valence-corrected chi connectivity index (χ1v) is 10.6. The Morgan fingerprint density at radius 3 is 2.72 bits per heavy atom. The van der Waals surface area contributed by atoms with Crippen molar-refractivity contribution in [1.82, 2.24) is 14.7 Å². The predicted octanol–water partition coefficient (Wildman–Crippen LogP) is 1.68. The minimum Gasteiger partial charge on any atom is -0.468 e. The second-order valence-electron chi connectivity index (χ2n) is 8.44. The van der Waals surface area contributed by atoms with Crippen molar-refractivity contribution >= 4 is 11.9 Å². The van der Waals surface area contributed by atoms with Gasteiger partial charge in [-0.05, 0) is 38.3 Å². The van der Waals surface area contributed by atoms with Gasteiger partial charge in [0.2, 0.25) is 0 Å². The van der Waals surface area contributed by atoms with E-state index in [9.17, 15) is 14.0 Å². The highest BCUT2D eigenvalue weighted by atomic mass is 19.1. The molecule has 1 saturated carbocycles. The van der Waals surface area contributed by atoms with E-state index in [4.69, 9.17) is 9.15 Å². The number of esters is 1. The fourth-order valence-electron chi connectivity index (χ4n) is 4.66. The molecule has 0 unspecified atom stereocenters. The van der Waals surface area contributed by atoms with Gasteiger partial charge in [0.05, 0.1) is 25.3 Å². The fraction of sp³-hybridized carbons (Fsp3) is 0.714. The Balaban J connectivity index is 1.48. The number of rotatable bonds is 5. The highest BCUT2D eigenvalue weighted by Gasteiger charge is 2.48. The maximum Gasteiger partial charge on any atom is 0.311 e. The quantitative estimate of drug-likeness (QED) is 0.692. The van der Waals surface area contributed by atoms with E-state index in [1.54, 1.807) is 11.2 Å². The highest BCUT2D eigenvalue weighted by Crippen LogP contribution is 2.38. The van der Waals surface area contributed by atoms with Gasteiger partial charge in [-0.15, -0.1) is 0 Å². The number of halogens is 1. The topological polar surface area (TPSA) is 66.2 Å². The number of piperazine rings is 1. The van der Waals surface area contributed by atoms with Crippen molar-refractivity contribution < 1.29 is 23.1 Å². The van der Waals surface area contributed by atoms with Crippen LogP contribution in [0.25, 0.3) is 0 Å². The molecule has 3 aliphatic rings. The van der Waals surface area contributed by atoms with Gasteiger partial charge in [-0.2, -0.15) is 0 Å². The molecule has 3 fully saturated rings. The predicted molar refractivity (Wildman–Crippen MR) is 104 cm³/mol. The second kappa shape index (κ2) is 8.44. The smallest absolute Gasteiger partial charge is 0.311 e. The third-order valence-corrected chi connectivity index (χ3v) is 6.40. The lowest BCUT2D eigenvalue weighted by molar-refractivity contribution is -0.154. The van der Waals surface area contributed by atoms with Crippen molar-refractivity contribution in [3.05, 3.63) is 24.2 Å². The number of alkyl halides is 1. The van der Waals surface area contributed by atoms with Crippen molar-refractivity contribution in [1.29, 1.82) is 0 Å². The molecule has 1 amide bonds. The maximum absolute atomic E-state index is 14.7. The molecule has 0 aromatic carbocycles. The van der Waals surface area contributed by atoms with Crippen molar-refractivity contribution in [3.8, 4) is 0 Å². The summed E-state index contributed by atoms with van der Waals surface area (Å²) in [5.74, 6) is 0.0405. The van der Waals surface area contributed by atoms with Crippen LogP contribution in [0.1, 0.15) is 31.9 Å². The summed E-state index contributed by atoms with van der Waals surface area (Å²) in [4.78, 5) is 31.3. The SMILES string of the molecule is CCOC(=O)[C@H]1CN(Cc2ccco2)C[C@H]2CN(C(=O)C3(F)CCC3)CCN2C1. The zero-order valence-corrected chi connectivity index (χ0v) is 17.0. The van der Waals surface area contributed by atoms with Gasteiger partial charge >= 0.3 is 5.97 Å². The summed E-state index contributed by atoms with van der Waals surface area (Å²) in [6, 6.07) is 3.83. The Kier molecular flexibility index (Phi) is 5.92. The molecule has 1 aromatic rings. The van der Waals surface area contributed by atoms with Crippen LogP contribution in [0.3, 0.4) is 0 Å². The van der Waals surface area contributed by atoms with E-state index in [0.29, 0.717) is 65.3 Å². The van der Waals surface area contributed by atoms with E-state index in [1.807, 2.05) is 19.1 Å². The molecule has 7 nitrogen and oxygen atoms in total. The molecule has 1 aliphatic carbocycles. The lowest BCUT2D eigenvalue weighted by Crippen LogP contribution is -2.61. The van der Waals surface area contributed by atoms with E-state index >= 15 is 0 Å². The third kappa shape index (κ3) is 4.33. The third-order valence-electron chi connectivity index (χ3n) is 6.40. The van der Waals surface area contributed by atoms with Gasteiger partial charge in [0.1, 0.15) is 5.76 Å². The Bertz CT molecular complexity index is 722. The largest absolute Gasteiger partial charge is 0.468 e. The molecule has 8 heteroatoms. The summed E-state index contributed by atoms with van der Waals surface area (Å²) in [5, 5.41) is 0. The van der Waals surface area contributed by atoms with Crippen LogP contribution < -0.4 is 0 Å². The Morgan fingerprint density at radius 2 is 2.07 bits per heavy atom. The van der Waals surface area contributed by atoms with Crippen molar-refractivity contribution in [2.45, 2.75) is 44.4 Å². The van der Waals surface area contributed by atoms with Crippen LogP contribution in [0.4, 0.5) is 4.39 Å². The molecular formula is C21H30FN3O4. The van der Waals surface area contributed by atoms with Crippen LogP contribution in [0.15, 0.2) is 22.8 Å². The first-order chi connectivity index (χ1) is 14.0. The number of ether oxygens (including phenoxy) is 1. The number of carbonyl (C=O) groups excluding carboxylic acids is 2. The molecule has 0 N–H and O–H groups in total. The van der Waals surface area contributed by atoms with Crippen LogP contribution >= 0.6 is 0 Å². The first-order valence-electron chi connectivity index (χ1n) is 10.6. The molecule has 0 bridgehead atoms. The molecule has 2 atom stereocenters. The molecule has 29 heavy (non-hydrogen) atoms. The molecule has 0 radical (unpaired) electrons. The number of amides is 1. The molecule has 4 rings (SSSR count). The van der Waals surface area contributed by atoms with Crippen LogP contribution in [0, 0.1) is 5.92 Å². The number of fused-ring (bicyclic) bond motifs is 1. The summed E-state index contributed by atoms with van der Waals surface area (Å²) in [5.41, 5.74) is -1.66. The number of hydrogen-bond acceptors (Lipinski definition) is 6. The number of furan rings is 1. The lowest BCUT2D eigenvalue weighted by Gasteiger charge is -2.45. The summed E-state index contributed by atoms with van der Waals surface area (Å²) >= 11 is 0. The highest BCUT2D eigenvalue weighted by molar-refractivity contribution is 5.86. The van der Waals surface area contributed by atoms with E-state index in [2.05, 4.69) is 9.80 Å². The average Bonchev–Trinajstić information content (AvgIpc) is 3.11. The van der Waals surface area contributed by atoms with Gasteiger partial charge in [-0.1, -0.05) is 0 Å². The van der Waals surface area contributed by atoms with Gasteiger partial charge in [0.15, 0.2) is 5.67 Å². The fourth-order valence-corrected chi connectivity index (χ4v) is 4.66. The van der Waals surface area contributed by atoms with Crippen molar-refractivity contribution in [2.75, 3.05) is 45.9 Å². The molecule has 3 heterocycles. The molecule has 1 aromatic heterocycles. The van der Waals surface area contributed by atoms with Crippen LogP contribution in [0.5, 0.6) is 0 Å². The first kappa shape index (κ1) is 20.3. The summed E-state index contributed by atoms with van der Waals surface area (Å²) in [6.07, 6.45) is 3.10. The molecule has 2 aliphatic heterocycles. The number of carbonyl (C=O) groups is 2.